The van der Waals surface area contributed by atoms with Gasteiger partial charge in [-0.2, -0.15) is 0 Å². The van der Waals surface area contributed by atoms with E-state index in [2.05, 4.69) is 31.0 Å². The Morgan fingerprint density at radius 2 is 2.06 bits per heavy atom. The molecule has 0 aliphatic carbocycles. The van der Waals surface area contributed by atoms with Crippen LogP contribution in [-0.4, -0.2) is 48.8 Å². The molecule has 0 saturated carbocycles. The Morgan fingerprint density at radius 3 is 2.82 bits per heavy atom. The summed E-state index contributed by atoms with van der Waals surface area (Å²) in [5.74, 6) is 0. The minimum Gasteiger partial charge on any atom is -0.375 e. The summed E-state index contributed by atoms with van der Waals surface area (Å²) >= 11 is 0. The van der Waals surface area contributed by atoms with Crippen molar-refractivity contribution >= 4 is 0 Å². The van der Waals surface area contributed by atoms with Gasteiger partial charge >= 0.3 is 0 Å². The van der Waals surface area contributed by atoms with Crippen LogP contribution in [-0.2, 0) is 4.74 Å². The summed E-state index contributed by atoms with van der Waals surface area (Å²) < 4.78 is 5.82. The van der Waals surface area contributed by atoms with E-state index in [-0.39, 0.29) is 5.60 Å². The molecule has 3 nitrogen and oxygen atoms in total. The van der Waals surface area contributed by atoms with Gasteiger partial charge in [-0.15, -0.1) is 0 Å². The van der Waals surface area contributed by atoms with Crippen LogP contribution < -0.4 is 5.32 Å². The maximum absolute atomic E-state index is 5.82. The smallest absolute Gasteiger partial charge is 0.0641 e. The largest absolute Gasteiger partial charge is 0.375 e. The SMILES string of the molecule is CC1CCN(C2CCOC(C)(C)C2)CCCN1. The van der Waals surface area contributed by atoms with Crippen LogP contribution in [0.25, 0.3) is 0 Å². The quantitative estimate of drug-likeness (QED) is 0.759. The van der Waals surface area contributed by atoms with Crippen molar-refractivity contribution in [1.29, 1.82) is 0 Å². The van der Waals surface area contributed by atoms with Crippen LogP contribution in [0.2, 0.25) is 0 Å². The molecule has 0 aromatic heterocycles. The Kier molecular flexibility index (Phi) is 4.45. The first kappa shape index (κ1) is 13.3. The number of ether oxygens (including phenoxy) is 1. The van der Waals surface area contributed by atoms with Gasteiger partial charge in [-0.05, 0) is 66.1 Å². The lowest BCUT2D eigenvalue weighted by Gasteiger charge is -2.42. The average Bonchev–Trinajstić information content (AvgIpc) is 2.22. The van der Waals surface area contributed by atoms with Gasteiger partial charge in [0.1, 0.15) is 0 Å². The second kappa shape index (κ2) is 5.68. The number of hydrogen-bond donors (Lipinski definition) is 1. The molecule has 100 valence electrons. The highest BCUT2D eigenvalue weighted by Gasteiger charge is 2.32. The van der Waals surface area contributed by atoms with Crippen molar-refractivity contribution in [3.63, 3.8) is 0 Å². The van der Waals surface area contributed by atoms with E-state index in [9.17, 15) is 0 Å². The highest BCUT2D eigenvalue weighted by Crippen LogP contribution is 2.27. The van der Waals surface area contributed by atoms with Gasteiger partial charge in [-0.3, -0.25) is 0 Å². The van der Waals surface area contributed by atoms with Gasteiger partial charge in [0.15, 0.2) is 0 Å². The van der Waals surface area contributed by atoms with E-state index in [4.69, 9.17) is 4.74 Å². The number of hydrogen-bond acceptors (Lipinski definition) is 3. The molecule has 2 heterocycles. The van der Waals surface area contributed by atoms with Crippen LogP contribution in [0.5, 0.6) is 0 Å². The Morgan fingerprint density at radius 1 is 1.24 bits per heavy atom. The number of rotatable bonds is 1. The fourth-order valence-electron chi connectivity index (χ4n) is 3.08. The molecule has 2 aliphatic rings. The Bertz CT molecular complexity index is 242. The Balaban J connectivity index is 1.90. The molecule has 0 aromatic carbocycles. The van der Waals surface area contributed by atoms with Gasteiger partial charge in [-0.25, -0.2) is 0 Å². The highest BCUT2D eigenvalue weighted by atomic mass is 16.5. The van der Waals surface area contributed by atoms with Crippen molar-refractivity contribution in [2.24, 2.45) is 0 Å². The van der Waals surface area contributed by atoms with Crippen molar-refractivity contribution in [3.8, 4) is 0 Å². The normalized spacial score (nSPS) is 36.2. The third-order valence-electron chi connectivity index (χ3n) is 4.15. The van der Waals surface area contributed by atoms with Crippen LogP contribution in [0.3, 0.4) is 0 Å². The first-order chi connectivity index (χ1) is 8.07. The molecule has 2 atom stereocenters. The summed E-state index contributed by atoms with van der Waals surface area (Å²) in [4.78, 5) is 2.71. The molecule has 3 heteroatoms. The molecule has 0 bridgehead atoms. The molecule has 2 unspecified atom stereocenters. The van der Waals surface area contributed by atoms with Crippen molar-refractivity contribution in [2.45, 2.75) is 64.1 Å². The van der Waals surface area contributed by atoms with Crippen LogP contribution in [0.15, 0.2) is 0 Å². The predicted octanol–water partition coefficient (Wildman–Crippen LogP) is 2.02. The predicted molar refractivity (Wildman–Crippen MR) is 71.3 cm³/mol. The standard InChI is InChI=1S/C14H28N2O/c1-12-5-9-16(8-4-7-15-12)13-6-10-17-14(2,3)11-13/h12-13,15H,4-11H2,1-3H3. The number of nitrogens with zero attached hydrogens (tertiary/aromatic N) is 1. The first-order valence-corrected chi connectivity index (χ1v) is 7.18. The van der Waals surface area contributed by atoms with Crippen molar-refractivity contribution in [2.75, 3.05) is 26.2 Å². The van der Waals surface area contributed by atoms with Gasteiger partial charge in [0.05, 0.1) is 5.60 Å². The summed E-state index contributed by atoms with van der Waals surface area (Å²) in [6.45, 7) is 11.4. The number of nitrogens with one attached hydrogen (secondary N) is 1. The minimum absolute atomic E-state index is 0.0785. The first-order valence-electron chi connectivity index (χ1n) is 7.18. The molecule has 0 radical (unpaired) electrons. The third kappa shape index (κ3) is 3.94. The zero-order valence-corrected chi connectivity index (χ0v) is 11.7. The molecule has 0 aromatic rings. The fraction of sp³-hybridized carbons (Fsp3) is 1.00. The zero-order valence-electron chi connectivity index (χ0n) is 11.7. The summed E-state index contributed by atoms with van der Waals surface area (Å²) in [6.07, 6.45) is 4.96. The van der Waals surface area contributed by atoms with Gasteiger partial charge < -0.3 is 15.0 Å². The van der Waals surface area contributed by atoms with E-state index in [0.717, 1.165) is 12.6 Å². The molecular formula is C14H28N2O. The molecule has 2 rings (SSSR count). The monoisotopic (exact) mass is 240 g/mol. The van der Waals surface area contributed by atoms with Crippen molar-refractivity contribution < 1.29 is 4.74 Å². The van der Waals surface area contributed by atoms with Crippen LogP contribution in [0.1, 0.15) is 46.5 Å². The molecular weight excluding hydrogens is 212 g/mol. The lowest BCUT2D eigenvalue weighted by molar-refractivity contribution is -0.0840. The van der Waals surface area contributed by atoms with Crippen LogP contribution in [0.4, 0.5) is 0 Å². The minimum atomic E-state index is 0.0785. The van der Waals surface area contributed by atoms with Crippen molar-refractivity contribution in [1.82, 2.24) is 10.2 Å². The molecule has 2 aliphatic heterocycles. The maximum Gasteiger partial charge on any atom is 0.0641 e. The lowest BCUT2D eigenvalue weighted by Crippen LogP contribution is -2.49. The third-order valence-corrected chi connectivity index (χ3v) is 4.15. The molecule has 0 spiro atoms. The van der Waals surface area contributed by atoms with Gasteiger partial charge in [0.2, 0.25) is 0 Å². The Hall–Kier alpha value is -0.120. The van der Waals surface area contributed by atoms with Gasteiger partial charge in [0, 0.05) is 18.7 Å². The lowest BCUT2D eigenvalue weighted by atomic mass is 9.92. The second-order valence-electron chi connectivity index (χ2n) is 6.29. The highest BCUT2D eigenvalue weighted by molar-refractivity contribution is 4.86. The van der Waals surface area contributed by atoms with E-state index in [1.807, 2.05) is 0 Å². The molecule has 0 amide bonds. The summed E-state index contributed by atoms with van der Waals surface area (Å²) in [6, 6.07) is 1.41. The van der Waals surface area contributed by atoms with Gasteiger partial charge in [0.25, 0.3) is 0 Å². The fourth-order valence-corrected chi connectivity index (χ4v) is 3.08. The summed E-state index contributed by atoms with van der Waals surface area (Å²) in [5.41, 5.74) is 0.0785. The molecule has 2 fully saturated rings. The van der Waals surface area contributed by atoms with E-state index >= 15 is 0 Å². The summed E-state index contributed by atoms with van der Waals surface area (Å²) in [7, 11) is 0. The van der Waals surface area contributed by atoms with Crippen LogP contribution in [0, 0.1) is 0 Å². The topological polar surface area (TPSA) is 24.5 Å². The van der Waals surface area contributed by atoms with Crippen molar-refractivity contribution in [3.05, 3.63) is 0 Å². The van der Waals surface area contributed by atoms with E-state index in [0.29, 0.717) is 6.04 Å². The molecule has 17 heavy (non-hydrogen) atoms. The maximum atomic E-state index is 5.82. The van der Waals surface area contributed by atoms with E-state index in [1.54, 1.807) is 0 Å². The average molecular weight is 240 g/mol. The molecule has 2 saturated heterocycles. The van der Waals surface area contributed by atoms with E-state index < -0.39 is 0 Å². The Labute approximate surface area is 106 Å². The van der Waals surface area contributed by atoms with Gasteiger partial charge in [-0.1, -0.05) is 0 Å². The van der Waals surface area contributed by atoms with Crippen LogP contribution >= 0.6 is 0 Å². The summed E-state index contributed by atoms with van der Waals surface area (Å²) in [5, 5.41) is 3.57. The zero-order chi connectivity index (χ0) is 12.3. The van der Waals surface area contributed by atoms with E-state index in [1.165, 1.54) is 45.3 Å². The second-order valence-corrected chi connectivity index (χ2v) is 6.29. The molecule has 1 N–H and O–H groups in total.